The molecular formula is C16H17N3OS. The van der Waals surface area contributed by atoms with Gasteiger partial charge in [0.15, 0.2) is 4.80 Å². The molecule has 1 aromatic carbocycles. The highest BCUT2D eigenvalue weighted by Crippen LogP contribution is 2.19. The maximum absolute atomic E-state index is 11.9. The maximum Gasteiger partial charge on any atom is 0.248 e. The van der Waals surface area contributed by atoms with Crippen molar-refractivity contribution in [2.24, 2.45) is 12.0 Å². The van der Waals surface area contributed by atoms with Gasteiger partial charge >= 0.3 is 0 Å². The molecule has 0 bridgehead atoms. The van der Waals surface area contributed by atoms with Gasteiger partial charge in [-0.3, -0.25) is 4.79 Å². The fourth-order valence-corrected chi connectivity index (χ4v) is 3.11. The molecule has 0 radical (unpaired) electrons. The maximum atomic E-state index is 11.9. The first-order valence-electron chi connectivity index (χ1n) is 6.97. The molecular weight excluding hydrogens is 282 g/mol. The number of hydrogen-bond acceptors (Lipinski definition) is 2. The molecule has 5 heteroatoms. The Morgan fingerprint density at radius 1 is 1.38 bits per heavy atom. The second-order valence-electron chi connectivity index (χ2n) is 5.02. The molecule has 0 unspecified atom stereocenters. The van der Waals surface area contributed by atoms with Crippen molar-refractivity contribution >= 4 is 28.1 Å². The van der Waals surface area contributed by atoms with Gasteiger partial charge in [0.05, 0.1) is 0 Å². The van der Waals surface area contributed by atoms with Crippen LogP contribution in [0.1, 0.15) is 18.4 Å². The average Bonchev–Trinajstić information content (AvgIpc) is 3.07. The Balaban J connectivity index is 1.62. The molecule has 2 heterocycles. The molecule has 0 aliphatic rings. The molecule has 0 atom stereocenters. The van der Waals surface area contributed by atoms with E-state index in [4.69, 9.17) is 0 Å². The number of nitrogens with zero attached hydrogens (tertiary/aromatic N) is 2. The molecule has 0 saturated carbocycles. The minimum atomic E-state index is -0.0482. The van der Waals surface area contributed by atoms with Gasteiger partial charge in [-0.2, -0.15) is 4.99 Å². The van der Waals surface area contributed by atoms with Crippen LogP contribution in [0.3, 0.4) is 0 Å². The second-order valence-corrected chi connectivity index (χ2v) is 5.89. The number of thiazole rings is 1. The van der Waals surface area contributed by atoms with Crippen molar-refractivity contribution < 1.29 is 4.79 Å². The standard InChI is InChI=1S/C16H17N3OS/c1-19-9-10-21-16(19)18-15(20)8-4-5-12-11-17-14-7-3-2-6-13(12)14/h2-3,6-7,9-11,17H,4-5,8H2,1H3. The molecule has 0 saturated heterocycles. The Labute approximate surface area is 126 Å². The summed E-state index contributed by atoms with van der Waals surface area (Å²) >= 11 is 1.48. The lowest BCUT2D eigenvalue weighted by molar-refractivity contribution is -0.118. The summed E-state index contributed by atoms with van der Waals surface area (Å²) in [5.41, 5.74) is 2.41. The van der Waals surface area contributed by atoms with E-state index in [0.717, 1.165) is 23.2 Å². The minimum Gasteiger partial charge on any atom is -0.361 e. The summed E-state index contributed by atoms with van der Waals surface area (Å²) in [6.45, 7) is 0. The van der Waals surface area contributed by atoms with Gasteiger partial charge in [0, 0.05) is 42.1 Å². The number of aryl methyl sites for hydroxylation is 2. The van der Waals surface area contributed by atoms with Gasteiger partial charge < -0.3 is 9.55 Å². The Hall–Kier alpha value is -2.14. The third kappa shape index (κ3) is 3.13. The average molecular weight is 299 g/mol. The number of fused-ring (bicyclic) bond motifs is 1. The summed E-state index contributed by atoms with van der Waals surface area (Å²) in [4.78, 5) is 20.0. The summed E-state index contributed by atoms with van der Waals surface area (Å²) < 4.78 is 1.86. The Morgan fingerprint density at radius 2 is 2.24 bits per heavy atom. The second kappa shape index (κ2) is 6.10. The van der Waals surface area contributed by atoms with Crippen LogP contribution in [0.2, 0.25) is 0 Å². The van der Waals surface area contributed by atoms with Crippen LogP contribution < -0.4 is 4.80 Å². The van der Waals surface area contributed by atoms with Crippen LogP contribution >= 0.6 is 11.3 Å². The summed E-state index contributed by atoms with van der Waals surface area (Å²) in [5.74, 6) is -0.0482. The molecule has 3 aromatic rings. The molecule has 0 aliphatic carbocycles. The van der Waals surface area contributed by atoms with Crippen molar-refractivity contribution in [2.45, 2.75) is 19.3 Å². The van der Waals surface area contributed by atoms with Crippen molar-refractivity contribution in [3.8, 4) is 0 Å². The number of H-pyrrole nitrogens is 1. The van der Waals surface area contributed by atoms with Gasteiger partial charge in [-0.05, 0) is 24.5 Å². The zero-order valence-electron chi connectivity index (χ0n) is 11.9. The summed E-state index contributed by atoms with van der Waals surface area (Å²) in [6.07, 6.45) is 6.13. The van der Waals surface area contributed by atoms with Gasteiger partial charge in [0.25, 0.3) is 0 Å². The fraction of sp³-hybridized carbons (Fsp3) is 0.250. The van der Waals surface area contributed by atoms with E-state index in [9.17, 15) is 4.79 Å². The number of hydrogen-bond donors (Lipinski definition) is 1. The molecule has 0 aliphatic heterocycles. The molecule has 4 nitrogen and oxygen atoms in total. The smallest absolute Gasteiger partial charge is 0.248 e. The van der Waals surface area contributed by atoms with Crippen molar-refractivity contribution in [3.63, 3.8) is 0 Å². The van der Waals surface area contributed by atoms with E-state index in [0.29, 0.717) is 6.42 Å². The van der Waals surface area contributed by atoms with Gasteiger partial charge in [0.2, 0.25) is 5.91 Å². The Morgan fingerprint density at radius 3 is 3.05 bits per heavy atom. The van der Waals surface area contributed by atoms with Crippen molar-refractivity contribution in [1.82, 2.24) is 9.55 Å². The highest BCUT2D eigenvalue weighted by atomic mass is 32.1. The molecule has 0 fully saturated rings. The minimum absolute atomic E-state index is 0.0482. The van der Waals surface area contributed by atoms with Gasteiger partial charge in [-0.1, -0.05) is 18.2 Å². The van der Waals surface area contributed by atoms with Gasteiger partial charge in [0.1, 0.15) is 0 Å². The molecule has 2 aromatic heterocycles. The van der Waals surface area contributed by atoms with E-state index in [-0.39, 0.29) is 5.91 Å². The first-order chi connectivity index (χ1) is 10.2. The molecule has 1 amide bonds. The Bertz CT molecular complexity index is 825. The predicted octanol–water partition coefficient (Wildman–Crippen LogP) is 3.02. The van der Waals surface area contributed by atoms with Crippen LogP contribution in [0.5, 0.6) is 0 Å². The van der Waals surface area contributed by atoms with Crippen LogP contribution in [-0.4, -0.2) is 15.5 Å². The number of benzene rings is 1. The highest BCUT2D eigenvalue weighted by molar-refractivity contribution is 7.07. The molecule has 3 rings (SSSR count). The van der Waals surface area contributed by atoms with E-state index in [1.165, 1.54) is 22.3 Å². The zero-order chi connectivity index (χ0) is 14.7. The summed E-state index contributed by atoms with van der Waals surface area (Å²) in [6, 6.07) is 8.23. The summed E-state index contributed by atoms with van der Waals surface area (Å²) in [5, 5.41) is 3.17. The number of carbonyl (C=O) groups is 1. The Kier molecular flexibility index (Phi) is 4.01. The van der Waals surface area contributed by atoms with Crippen molar-refractivity contribution in [2.75, 3.05) is 0 Å². The first-order valence-corrected chi connectivity index (χ1v) is 7.84. The zero-order valence-corrected chi connectivity index (χ0v) is 12.7. The number of amides is 1. The number of aromatic amines is 1. The SMILES string of the molecule is Cn1ccsc1=NC(=O)CCCc1c[nH]c2ccccc12. The van der Waals surface area contributed by atoms with Crippen LogP contribution in [-0.2, 0) is 18.3 Å². The normalized spacial score (nSPS) is 12.1. The quantitative estimate of drug-likeness (QED) is 0.791. The summed E-state index contributed by atoms with van der Waals surface area (Å²) in [7, 11) is 1.90. The first kappa shape index (κ1) is 13.8. The van der Waals surface area contributed by atoms with Crippen molar-refractivity contribution in [3.05, 3.63) is 52.4 Å². The number of rotatable bonds is 4. The largest absolute Gasteiger partial charge is 0.361 e. The lowest BCUT2D eigenvalue weighted by atomic mass is 10.1. The number of aromatic nitrogens is 2. The lowest BCUT2D eigenvalue weighted by Gasteiger charge is -1.98. The van der Waals surface area contributed by atoms with Crippen LogP contribution in [0.15, 0.2) is 47.0 Å². The highest BCUT2D eigenvalue weighted by Gasteiger charge is 2.05. The van der Waals surface area contributed by atoms with E-state index in [1.807, 2.05) is 41.5 Å². The third-order valence-corrected chi connectivity index (χ3v) is 4.34. The lowest BCUT2D eigenvalue weighted by Crippen LogP contribution is -2.12. The van der Waals surface area contributed by atoms with Crippen molar-refractivity contribution in [1.29, 1.82) is 0 Å². The van der Waals surface area contributed by atoms with Crippen LogP contribution in [0.25, 0.3) is 10.9 Å². The fourth-order valence-electron chi connectivity index (χ4n) is 2.37. The predicted molar refractivity (Wildman–Crippen MR) is 85.1 cm³/mol. The van der Waals surface area contributed by atoms with E-state index in [2.05, 4.69) is 22.1 Å². The van der Waals surface area contributed by atoms with E-state index >= 15 is 0 Å². The topological polar surface area (TPSA) is 50.1 Å². The molecule has 21 heavy (non-hydrogen) atoms. The van der Waals surface area contributed by atoms with E-state index < -0.39 is 0 Å². The van der Waals surface area contributed by atoms with Crippen LogP contribution in [0, 0.1) is 0 Å². The molecule has 0 spiro atoms. The van der Waals surface area contributed by atoms with Crippen LogP contribution in [0.4, 0.5) is 0 Å². The number of nitrogens with one attached hydrogen (secondary N) is 1. The third-order valence-electron chi connectivity index (χ3n) is 3.49. The van der Waals surface area contributed by atoms with E-state index in [1.54, 1.807) is 0 Å². The molecule has 108 valence electrons. The number of para-hydroxylation sites is 1. The monoisotopic (exact) mass is 299 g/mol. The van der Waals surface area contributed by atoms with Gasteiger partial charge in [-0.25, -0.2) is 0 Å². The molecule has 1 N–H and O–H groups in total. The number of carbonyl (C=O) groups excluding carboxylic acids is 1. The van der Waals surface area contributed by atoms with Gasteiger partial charge in [-0.15, -0.1) is 11.3 Å².